The van der Waals surface area contributed by atoms with Crippen molar-refractivity contribution in [2.24, 2.45) is 0 Å². The summed E-state index contributed by atoms with van der Waals surface area (Å²) >= 11 is 0. The van der Waals surface area contributed by atoms with Crippen LogP contribution in [0.2, 0.25) is 0 Å². The van der Waals surface area contributed by atoms with Gasteiger partial charge in [0.1, 0.15) is 0 Å². The maximum atomic E-state index is 2.93. The zero-order valence-electron chi connectivity index (χ0n) is 13.3. The molecule has 0 saturated heterocycles. The maximum absolute atomic E-state index is 2.93. The summed E-state index contributed by atoms with van der Waals surface area (Å²) in [7, 11) is 0. The third-order valence-corrected chi connectivity index (χ3v) is 2.65. The van der Waals surface area contributed by atoms with E-state index in [1.807, 2.05) is 72.8 Å². The van der Waals surface area contributed by atoms with Crippen LogP contribution in [0.25, 0.3) is 0 Å². The van der Waals surface area contributed by atoms with Crippen LogP contribution < -0.4 is 0 Å². The van der Waals surface area contributed by atoms with Gasteiger partial charge in [0.05, 0.1) is 0 Å². The van der Waals surface area contributed by atoms with Crippen molar-refractivity contribution >= 4 is 0 Å². The van der Waals surface area contributed by atoms with Crippen molar-refractivity contribution in [2.75, 3.05) is 0 Å². The number of benzene rings is 3. The molecule has 0 unspecified atom stereocenters. The first-order valence-corrected chi connectivity index (χ1v) is 6.96. The Hall–Kier alpha value is -1.72. The Morgan fingerprint density at radius 2 is 0.636 bits per heavy atom. The van der Waals surface area contributed by atoms with Gasteiger partial charge < -0.3 is 0 Å². The van der Waals surface area contributed by atoms with Crippen LogP contribution in [0.4, 0.5) is 0 Å². The topological polar surface area (TPSA) is 0 Å². The summed E-state index contributed by atoms with van der Waals surface area (Å²) in [5, 5.41) is 0. The van der Waals surface area contributed by atoms with Gasteiger partial charge in [0, 0.05) is 0 Å². The normalized spacial score (nSPS) is 8.32. The number of hydrogen-bond donors (Lipinski definition) is 0. The second-order valence-corrected chi connectivity index (χ2v) is 4.73. The van der Waals surface area contributed by atoms with Gasteiger partial charge >= 0.3 is 19.5 Å². The molecule has 0 fully saturated rings. The molecule has 0 aliphatic rings. The van der Waals surface area contributed by atoms with E-state index in [1.54, 1.807) is 0 Å². The summed E-state index contributed by atoms with van der Waals surface area (Å²) in [4.78, 5) is 0. The Morgan fingerprint density at radius 3 is 0.727 bits per heavy atom. The van der Waals surface area contributed by atoms with Crippen molar-refractivity contribution < 1.29 is 19.5 Å². The van der Waals surface area contributed by atoms with Crippen molar-refractivity contribution in [3.8, 4) is 0 Å². The minimum atomic E-state index is 0. The Kier molecular flexibility index (Phi) is 12.0. The predicted octanol–water partition coefficient (Wildman–Crippen LogP) is 5.38. The fourth-order valence-electron chi connectivity index (χ4n) is 1.41. The molecule has 0 heterocycles. The molecule has 0 aliphatic carbocycles. The molecule has 111 valence electrons. The zero-order chi connectivity index (χ0) is 15.3. The van der Waals surface area contributed by atoms with Crippen LogP contribution in [-0.2, 0) is 19.5 Å². The third kappa shape index (κ3) is 11.0. The molecule has 22 heavy (non-hydrogen) atoms. The van der Waals surface area contributed by atoms with Crippen LogP contribution in [-0.4, -0.2) is 0 Å². The standard InChI is InChI=1S/3C7H7.Ru/c3*1-7-5-3-2-4-6-7;/h3*3-6H,1H3;/q3*-1;+5. The van der Waals surface area contributed by atoms with Gasteiger partial charge in [0.15, 0.2) is 0 Å². The Morgan fingerprint density at radius 1 is 0.455 bits per heavy atom. The van der Waals surface area contributed by atoms with Crippen LogP contribution in [0.3, 0.4) is 0 Å². The maximum Gasteiger partial charge on any atom is 5.00 e. The van der Waals surface area contributed by atoms with E-state index in [9.17, 15) is 0 Å². The van der Waals surface area contributed by atoms with Crippen LogP contribution in [0, 0.1) is 39.0 Å². The van der Waals surface area contributed by atoms with E-state index in [-0.39, 0.29) is 19.5 Å². The van der Waals surface area contributed by atoms with Crippen molar-refractivity contribution in [3.63, 3.8) is 0 Å². The summed E-state index contributed by atoms with van der Waals surface area (Å²) < 4.78 is 0. The number of hydrogen-bond acceptors (Lipinski definition) is 0. The molecule has 0 nitrogen and oxygen atoms in total. The predicted molar refractivity (Wildman–Crippen MR) is 90.0 cm³/mol. The van der Waals surface area contributed by atoms with Gasteiger partial charge in [0.2, 0.25) is 0 Å². The Labute approximate surface area is 148 Å². The summed E-state index contributed by atoms with van der Waals surface area (Å²) in [6, 6.07) is 32.4. The van der Waals surface area contributed by atoms with Crippen LogP contribution >= 0.6 is 0 Å². The molecule has 1 heteroatoms. The summed E-state index contributed by atoms with van der Waals surface area (Å²) in [5.41, 5.74) is 3.87. The van der Waals surface area contributed by atoms with E-state index in [2.05, 4.69) is 39.0 Å². The molecule has 0 atom stereocenters. The summed E-state index contributed by atoms with van der Waals surface area (Å²) in [6.45, 7) is 6.19. The van der Waals surface area contributed by atoms with Crippen LogP contribution in [0.15, 0.2) is 72.8 Å². The molecular weight excluding hydrogens is 353 g/mol. The van der Waals surface area contributed by atoms with Crippen LogP contribution in [0.1, 0.15) is 16.7 Å². The van der Waals surface area contributed by atoms with E-state index >= 15 is 0 Å². The van der Waals surface area contributed by atoms with E-state index in [1.165, 1.54) is 16.7 Å². The molecule has 3 aromatic rings. The van der Waals surface area contributed by atoms with Gasteiger partial charge in [-0.2, -0.15) is 108 Å². The Bertz CT molecular complexity index is 485. The molecular formula is C21H21Ru+2. The monoisotopic (exact) mass is 375 g/mol. The third-order valence-electron chi connectivity index (χ3n) is 2.65. The van der Waals surface area contributed by atoms with E-state index in [0.717, 1.165) is 0 Å². The van der Waals surface area contributed by atoms with Gasteiger partial charge in [-0.25, -0.2) is 0 Å². The molecule has 3 rings (SSSR count). The molecule has 0 bridgehead atoms. The molecule has 3 aromatic carbocycles. The smallest absolute Gasteiger partial charge is 0.184 e. The Balaban J connectivity index is 0.000000294. The summed E-state index contributed by atoms with van der Waals surface area (Å²) in [5.74, 6) is 0. The van der Waals surface area contributed by atoms with Gasteiger partial charge in [-0.1, -0.05) is 20.8 Å². The average molecular weight is 374 g/mol. The second kappa shape index (κ2) is 13.0. The van der Waals surface area contributed by atoms with Gasteiger partial charge in [-0.15, -0.1) is 0 Å². The van der Waals surface area contributed by atoms with Crippen molar-refractivity contribution in [1.29, 1.82) is 0 Å². The van der Waals surface area contributed by atoms with E-state index in [4.69, 9.17) is 0 Å². The first kappa shape index (κ1) is 20.3. The fourth-order valence-corrected chi connectivity index (χ4v) is 1.41. The van der Waals surface area contributed by atoms with Gasteiger partial charge in [-0.05, 0) is 0 Å². The minimum Gasteiger partial charge on any atom is -0.184 e. The number of aryl methyl sites for hydroxylation is 3. The van der Waals surface area contributed by atoms with Crippen molar-refractivity contribution in [2.45, 2.75) is 20.8 Å². The molecule has 0 aliphatic heterocycles. The van der Waals surface area contributed by atoms with Crippen LogP contribution in [0.5, 0.6) is 0 Å². The van der Waals surface area contributed by atoms with Crippen molar-refractivity contribution in [3.05, 3.63) is 108 Å². The van der Waals surface area contributed by atoms with Gasteiger partial charge in [-0.3, -0.25) is 0 Å². The van der Waals surface area contributed by atoms with Crippen molar-refractivity contribution in [1.82, 2.24) is 0 Å². The molecule has 0 saturated carbocycles. The number of rotatable bonds is 0. The first-order chi connectivity index (χ1) is 10.2. The second-order valence-electron chi connectivity index (χ2n) is 4.73. The molecule has 0 spiro atoms. The van der Waals surface area contributed by atoms with E-state index < -0.39 is 0 Å². The minimum absolute atomic E-state index is 0. The van der Waals surface area contributed by atoms with E-state index in [0.29, 0.717) is 0 Å². The van der Waals surface area contributed by atoms with Gasteiger partial charge in [0.25, 0.3) is 0 Å². The molecule has 0 amide bonds. The quantitative estimate of drug-likeness (QED) is 0.366. The molecule has 0 aromatic heterocycles. The molecule has 0 N–H and O–H groups in total. The first-order valence-electron chi connectivity index (χ1n) is 6.96. The largest absolute Gasteiger partial charge is 5.00 e. The SMILES string of the molecule is Cc1cc[c-]cc1.Cc1cc[c-]cc1.Cc1cc[c-]cc1.[Ru+5]. The fraction of sp³-hybridized carbons (Fsp3) is 0.143. The average Bonchev–Trinajstić information content (AvgIpc) is 2.51. The zero-order valence-corrected chi connectivity index (χ0v) is 15.0. The summed E-state index contributed by atoms with van der Waals surface area (Å²) in [6.07, 6.45) is 0. The molecule has 1 radical (unpaired) electrons.